The van der Waals surface area contributed by atoms with E-state index in [1.54, 1.807) is 24.3 Å². The van der Waals surface area contributed by atoms with Gasteiger partial charge in [0.1, 0.15) is 6.10 Å². The van der Waals surface area contributed by atoms with Crippen molar-refractivity contribution in [3.63, 3.8) is 0 Å². The summed E-state index contributed by atoms with van der Waals surface area (Å²) in [6, 6.07) is 14.9. The fraction of sp³-hybridized carbons (Fsp3) is 0.441. The van der Waals surface area contributed by atoms with Gasteiger partial charge in [-0.2, -0.15) is 0 Å². The highest BCUT2D eigenvalue weighted by molar-refractivity contribution is 5.90. The van der Waals surface area contributed by atoms with Crippen LogP contribution in [-0.2, 0) is 4.74 Å². The van der Waals surface area contributed by atoms with Crippen LogP contribution in [0.4, 0.5) is 13.2 Å². The highest BCUT2D eigenvalue weighted by Crippen LogP contribution is 2.36. The number of carbonyl (C=O) groups excluding carboxylic acids is 1. The topological polar surface area (TPSA) is 35.5 Å². The van der Waals surface area contributed by atoms with E-state index < -0.39 is 29.3 Å². The number of hydrogen-bond acceptors (Lipinski definition) is 3. The first-order valence-electron chi connectivity index (χ1n) is 14.6. The molecular formula is C34H39F3O3. The van der Waals surface area contributed by atoms with Crippen LogP contribution in [0.15, 0.2) is 54.6 Å². The average molecular weight is 553 g/mol. The summed E-state index contributed by atoms with van der Waals surface area (Å²) in [7, 11) is 0. The van der Waals surface area contributed by atoms with Crippen molar-refractivity contribution < 1.29 is 27.4 Å². The molecule has 0 atom stereocenters. The van der Waals surface area contributed by atoms with Crippen molar-refractivity contribution in [2.24, 2.45) is 0 Å². The minimum absolute atomic E-state index is 0.0978. The Morgan fingerprint density at radius 3 is 2.23 bits per heavy atom. The number of aryl methyl sites for hydroxylation is 1. The van der Waals surface area contributed by atoms with E-state index in [9.17, 15) is 18.0 Å². The summed E-state index contributed by atoms with van der Waals surface area (Å²) in [6.07, 6.45) is 9.05. The third-order valence-electron chi connectivity index (χ3n) is 7.80. The first-order chi connectivity index (χ1) is 19.4. The molecule has 0 amide bonds. The first-order valence-corrected chi connectivity index (χ1v) is 14.6. The molecule has 40 heavy (non-hydrogen) atoms. The first kappa shape index (κ1) is 29.7. The Bertz CT molecular complexity index is 1260. The van der Waals surface area contributed by atoms with E-state index in [1.165, 1.54) is 37.8 Å². The standard InChI is InChI=1S/C34H39F3O3/c1-3-4-5-6-7-8-21-39-31-20-15-26(22-30(31)35)24-13-16-27(17-14-24)40-34(38)29-19-18-28(32(36)33(29)37)25-11-9-23(2)10-12-25/h9-12,15,18-20,22,24,27H,3-8,13-14,16-17,21H2,1-2H3. The van der Waals surface area contributed by atoms with Crippen molar-refractivity contribution in [3.05, 3.63) is 88.7 Å². The number of ether oxygens (including phenoxy) is 2. The summed E-state index contributed by atoms with van der Waals surface area (Å²) in [5.41, 5.74) is 2.13. The van der Waals surface area contributed by atoms with E-state index in [4.69, 9.17) is 9.47 Å². The van der Waals surface area contributed by atoms with E-state index in [-0.39, 0.29) is 23.0 Å². The van der Waals surface area contributed by atoms with Gasteiger partial charge in [-0.15, -0.1) is 0 Å². The van der Waals surface area contributed by atoms with Crippen LogP contribution in [-0.4, -0.2) is 18.7 Å². The molecule has 0 bridgehead atoms. The molecule has 1 saturated carbocycles. The Labute approximate surface area is 235 Å². The number of carbonyl (C=O) groups is 1. The third kappa shape index (κ3) is 7.67. The van der Waals surface area contributed by atoms with Crippen molar-refractivity contribution in [1.82, 2.24) is 0 Å². The monoisotopic (exact) mass is 552 g/mol. The normalized spacial score (nSPS) is 17.0. The van der Waals surface area contributed by atoms with Gasteiger partial charge in [-0.05, 0) is 74.3 Å². The Morgan fingerprint density at radius 1 is 0.825 bits per heavy atom. The molecule has 214 valence electrons. The number of unbranched alkanes of at least 4 members (excludes halogenated alkanes) is 5. The summed E-state index contributed by atoms with van der Waals surface area (Å²) < 4.78 is 55.5. The van der Waals surface area contributed by atoms with E-state index >= 15 is 0 Å². The molecule has 4 rings (SSSR count). The smallest absolute Gasteiger partial charge is 0.341 e. The summed E-state index contributed by atoms with van der Waals surface area (Å²) in [6.45, 7) is 4.61. The van der Waals surface area contributed by atoms with Crippen molar-refractivity contribution in [2.45, 2.75) is 90.1 Å². The van der Waals surface area contributed by atoms with Gasteiger partial charge in [0.2, 0.25) is 0 Å². The SMILES string of the molecule is CCCCCCCCOc1ccc(C2CCC(OC(=O)c3ccc(-c4ccc(C)cc4)c(F)c3F)CC2)cc1F. The average Bonchev–Trinajstić information content (AvgIpc) is 2.95. The Hall–Kier alpha value is -3.28. The lowest BCUT2D eigenvalue weighted by Crippen LogP contribution is -2.24. The van der Waals surface area contributed by atoms with Crippen LogP contribution < -0.4 is 4.74 Å². The number of benzene rings is 3. The molecule has 0 N–H and O–H groups in total. The summed E-state index contributed by atoms with van der Waals surface area (Å²) in [5, 5.41) is 0. The second-order valence-electron chi connectivity index (χ2n) is 10.8. The number of halogens is 3. The molecule has 0 saturated heterocycles. The maximum absolute atomic E-state index is 14.8. The van der Waals surface area contributed by atoms with E-state index in [0.29, 0.717) is 37.9 Å². The number of hydrogen-bond donors (Lipinski definition) is 0. The van der Waals surface area contributed by atoms with Crippen LogP contribution in [0.2, 0.25) is 0 Å². The van der Waals surface area contributed by atoms with Gasteiger partial charge in [-0.3, -0.25) is 0 Å². The summed E-state index contributed by atoms with van der Waals surface area (Å²) in [4.78, 5) is 12.7. The predicted octanol–water partition coefficient (Wildman–Crippen LogP) is 9.70. The van der Waals surface area contributed by atoms with Crippen molar-refractivity contribution in [3.8, 4) is 16.9 Å². The summed E-state index contributed by atoms with van der Waals surface area (Å²) in [5.74, 6) is -3.08. The fourth-order valence-corrected chi connectivity index (χ4v) is 5.34. The van der Waals surface area contributed by atoms with Gasteiger partial charge in [0.05, 0.1) is 12.2 Å². The number of esters is 1. The van der Waals surface area contributed by atoms with Crippen LogP contribution in [0.1, 0.15) is 98.5 Å². The van der Waals surface area contributed by atoms with Gasteiger partial charge in [-0.1, -0.05) is 81.0 Å². The van der Waals surface area contributed by atoms with Gasteiger partial charge in [0, 0.05) is 5.56 Å². The fourth-order valence-electron chi connectivity index (χ4n) is 5.34. The molecule has 3 nitrogen and oxygen atoms in total. The zero-order valence-corrected chi connectivity index (χ0v) is 23.5. The molecule has 1 aliphatic rings. The third-order valence-corrected chi connectivity index (χ3v) is 7.80. The zero-order valence-electron chi connectivity index (χ0n) is 23.5. The van der Waals surface area contributed by atoms with Gasteiger partial charge in [0.25, 0.3) is 0 Å². The quantitative estimate of drug-likeness (QED) is 0.166. The molecule has 6 heteroatoms. The van der Waals surface area contributed by atoms with Gasteiger partial charge in [-0.25, -0.2) is 18.0 Å². The minimum atomic E-state index is -1.20. The molecule has 0 aromatic heterocycles. The van der Waals surface area contributed by atoms with Crippen LogP contribution in [0.25, 0.3) is 11.1 Å². The van der Waals surface area contributed by atoms with E-state index in [1.807, 2.05) is 25.1 Å². The van der Waals surface area contributed by atoms with E-state index in [0.717, 1.165) is 24.0 Å². The van der Waals surface area contributed by atoms with Crippen molar-refractivity contribution >= 4 is 5.97 Å². The Balaban J connectivity index is 1.27. The van der Waals surface area contributed by atoms with Crippen molar-refractivity contribution in [2.75, 3.05) is 6.61 Å². The van der Waals surface area contributed by atoms with Crippen LogP contribution >= 0.6 is 0 Å². The summed E-state index contributed by atoms with van der Waals surface area (Å²) >= 11 is 0. The second kappa shape index (κ2) is 14.4. The molecule has 1 fully saturated rings. The molecule has 0 unspecified atom stereocenters. The molecule has 0 heterocycles. The second-order valence-corrected chi connectivity index (χ2v) is 10.8. The Morgan fingerprint density at radius 2 is 1.52 bits per heavy atom. The highest BCUT2D eigenvalue weighted by Gasteiger charge is 2.28. The highest BCUT2D eigenvalue weighted by atomic mass is 19.2. The maximum Gasteiger partial charge on any atom is 0.341 e. The minimum Gasteiger partial charge on any atom is -0.491 e. The predicted molar refractivity (Wildman–Crippen MR) is 152 cm³/mol. The Kier molecular flexibility index (Phi) is 10.7. The lowest BCUT2D eigenvalue weighted by atomic mass is 9.82. The molecule has 1 aliphatic carbocycles. The van der Waals surface area contributed by atoms with Crippen molar-refractivity contribution in [1.29, 1.82) is 0 Å². The van der Waals surface area contributed by atoms with Crippen LogP contribution in [0, 0.1) is 24.4 Å². The molecule has 3 aromatic rings. The largest absolute Gasteiger partial charge is 0.491 e. The maximum atomic E-state index is 14.8. The molecular weight excluding hydrogens is 513 g/mol. The molecule has 3 aromatic carbocycles. The van der Waals surface area contributed by atoms with Crippen LogP contribution in [0.5, 0.6) is 5.75 Å². The van der Waals surface area contributed by atoms with E-state index in [2.05, 4.69) is 6.92 Å². The lowest BCUT2D eigenvalue weighted by molar-refractivity contribution is 0.0189. The van der Waals surface area contributed by atoms with Gasteiger partial charge < -0.3 is 9.47 Å². The van der Waals surface area contributed by atoms with Crippen LogP contribution in [0.3, 0.4) is 0 Å². The lowest BCUT2D eigenvalue weighted by Gasteiger charge is -2.29. The zero-order chi connectivity index (χ0) is 28.5. The molecule has 0 aliphatic heterocycles. The number of rotatable bonds is 12. The molecule has 0 spiro atoms. The molecule has 0 radical (unpaired) electrons. The van der Waals surface area contributed by atoms with Gasteiger partial charge >= 0.3 is 5.97 Å². The van der Waals surface area contributed by atoms with Gasteiger partial charge in [0.15, 0.2) is 23.2 Å².